The summed E-state index contributed by atoms with van der Waals surface area (Å²) in [6.07, 6.45) is -2.23. The van der Waals surface area contributed by atoms with E-state index in [9.17, 15) is 19.3 Å². The summed E-state index contributed by atoms with van der Waals surface area (Å²) in [5.74, 6) is -1.36. The van der Waals surface area contributed by atoms with E-state index in [0.29, 0.717) is 0 Å². The number of nitrogens with one attached hydrogen (secondary N) is 1. The van der Waals surface area contributed by atoms with Gasteiger partial charge in [0.2, 0.25) is 5.91 Å². The van der Waals surface area contributed by atoms with Crippen LogP contribution in [-0.2, 0) is 18.9 Å². The molecule has 0 heterocycles. The number of esters is 1. The molecule has 2 atom stereocenters. The molecule has 4 N–H and O–H groups in total. The minimum atomic E-state index is -4.36. The average Bonchev–Trinajstić information content (AvgIpc) is 2.19. The Morgan fingerprint density at radius 3 is 2.21 bits per heavy atom. The minimum absolute atomic E-state index is 0.213. The minimum Gasteiger partial charge on any atom is -0.461 e. The molecule has 19 heavy (non-hydrogen) atoms. The number of rotatable bonds is 7. The van der Waals surface area contributed by atoms with Gasteiger partial charge in [-0.2, -0.15) is 0 Å². The molecule has 0 aromatic carbocycles. The molecular weight excluding hydrogens is 277 g/mol. The fourth-order valence-corrected chi connectivity index (χ4v) is 1.97. The molecular formula is C10H20NO7P. The molecule has 112 valence electrons. The van der Waals surface area contributed by atoms with Gasteiger partial charge in [-0.1, -0.05) is 13.8 Å². The lowest BCUT2D eigenvalue weighted by atomic mass is 10.0. The maximum atomic E-state index is 11.6. The number of amides is 1. The van der Waals surface area contributed by atoms with Crippen molar-refractivity contribution >= 4 is 19.5 Å². The van der Waals surface area contributed by atoms with Gasteiger partial charge < -0.3 is 24.9 Å². The Bertz CT molecular complexity index is 365. The molecule has 9 heteroatoms. The molecule has 0 aliphatic carbocycles. The standard InChI is InChI=1S/C10H20NO7P/c1-6(2)9(11-7(3)12)10(14)18-4-8(13)5-19(15,16)17/h6,8-9,13H,4-5H2,1-3H3,(H,11,12)(H2,15,16,17)/t8-,9+/m1/s1. The van der Waals surface area contributed by atoms with E-state index in [1.165, 1.54) is 6.92 Å². The molecule has 0 fully saturated rings. The molecule has 8 nitrogen and oxygen atoms in total. The third-order valence-corrected chi connectivity index (χ3v) is 3.04. The highest BCUT2D eigenvalue weighted by Gasteiger charge is 2.26. The lowest BCUT2D eigenvalue weighted by Crippen LogP contribution is -2.45. The number of carbonyl (C=O) groups is 2. The summed E-state index contributed by atoms with van der Waals surface area (Å²) in [5, 5.41) is 11.7. The Morgan fingerprint density at radius 1 is 1.32 bits per heavy atom. The van der Waals surface area contributed by atoms with Gasteiger partial charge in [-0.3, -0.25) is 9.36 Å². The van der Waals surface area contributed by atoms with E-state index >= 15 is 0 Å². The van der Waals surface area contributed by atoms with Gasteiger partial charge in [-0.05, 0) is 5.92 Å². The zero-order valence-corrected chi connectivity index (χ0v) is 12.0. The van der Waals surface area contributed by atoms with Crippen molar-refractivity contribution in [2.24, 2.45) is 5.92 Å². The quantitative estimate of drug-likeness (QED) is 0.358. The van der Waals surface area contributed by atoms with Crippen LogP contribution in [0.2, 0.25) is 0 Å². The fourth-order valence-electron chi connectivity index (χ4n) is 1.31. The third-order valence-electron chi connectivity index (χ3n) is 2.15. The number of aliphatic hydroxyl groups excluding tert-OH is 1. The monoisotopic (exact) mass is 297 g/mol. The number of hydrogen-bond donors (Lipinski definition) is 4. The number of carbonyl (C=O) groups excluding carboxylic acids is 2. The van der Waals surface area contributed by atoms with Crippen molar-refractivity contribution in [3.05, 3.63) is 0 Å². The summed E-state index contributed by atoms with van der Waals surface area (Å²) >= 11 is 0. The highest BCUT2D eigenvalue weighted by molar-refractivity contribution is 7.51. The van der Waals surface area contributed by atoms with Crippen LogP contribution in [0.25, 0.3) is 0 Å². The van der Waals surface area contributed by atoms with E-state index in [0.717, 1.165) is 0 Å². The summed E-state index contributed by atoms with van der Waals surface area (Å²) < 4.78 is 15.3. The third kappa shape index (κ3) is 8.72. The van der Waals surface area contributed by atoms with Gasteiger partial charge in [0.15, 0.2) is 0 Å². The van der Waals surface area contributed by atoms with Crippen LogP contribution in [0.15, 0.2) is 0 Å². The highest BCUT2D eigenvalue weighted by atomic mass is 31.2. The summed E-state index contributed by atoms with van der Waals surface area (Å²) in [4.78, 5) is 39.8. The molecule has 0 rings (SSSR count). The number of hydrogen-bond acceptors (Lipinski definition) is 5. The molecule has 0 saturated carbocycles. The fraction of sp³-hybridized carbons (Fsp3) is 0.800. The van der Waals surface area contributed by atoms with Crippen LogP contribution in [0.1, 0.15) is 20.8 Å². The lowest BCUT2D eigenvalue weighted by Gasteiger charge is -2.21. The van der Waals surface area contributed by atoms with Gasteiger partial charge in [0.05, 0.1) is 12.3 Å². The summed E-state index contributed by atoms with van der Waals surface area (Å²) in [6, 6.07) is -0.861. The smallest absolute Gasteiger partial charge is 0.328 e. The summed E-state index contributed by atoms with van der Waals surface area (Å²) in [7, 11) is -4.36. The molecule has 0 aliphatic rings. The van der Waals surface area contributed by atoms with Gasteiger partial charge in [0.25, 0.3) is 0 Å². The van der Waals surface area contributed by atoms with Crippen LogP contribution in [0, 0.1) is 5.92 Å². The van der Waals surface area contributed by atoms with Crippen molar-refractivity contribution in [2.45, 2.75) is 32.9 Å². The second-order valence-electron chi connectivity index (χ2n) is 4.55. The Morgan fingerprint density at radius 2 is 1.84 bits per heavy atom. The predicted octanol–water partition coefficient (Wildman–Crippen LogP) is -0.771. The Balaban J connectivity index is 4.34. The molecule has 0 bridgehead atoms. The first-order chi connectivity index (χ1) is 8.53. The first-order valence-electron chi connectivity index (χ1n) is 5.69. The van der Waals surface area contributed by atoms with Crippen molar-refractivity contribution in [2.75, 3.05) is 12.8 Å². The zero-order valence-electron chi connectivity index (χ0n) is 11.1. The van der Waals surface area contributed by atoms with Gasteiger partial charge in [0.1, 0.15) is 12.6 Å². The van der Waals surface area contributed by atoms with Gasteiger partial charge in [-0.25, -0.2) is 4.79 Å². The molecule has 0 aliphatic heterocycles. The van der Waals surface area contributed by atoms with Gasteiger partial charge in [0, 0.05) is 6.92 Å². The van der Waals surface area contributed by atoms with E-state index in [2.05, 4.69) is 5.32 Å². The van der Waals surface area contributed by atoms with E-state index < -0.39 is 44.4 Å². The molecule has 0 spiro atoms. The molecule has 0 aromatic rings. The van der Waals surface area contributed by atoms with E-state index in [1.807, 2.05) is 0 Å². The van der Waals surface area contributed by atoms with Crippen molar-refractivity contribution in [1.82, 2.24) is 5.32 Å². The topological polar surface area (TPSA) is 133 Å². The average molecular weight is 297 g/mol. The van der Waals surface area contributed by atoms with Gasteiger partial charge >= 0.3 is 13.6 Å². The van der Waals surface area contributed by atoms with Crippen LogP contribution in [0.3, 0.4) is 0 Å². The zero-order chi connectivity index (χ0) is 15.2. The lowest BCUT2D eigenvalue weighted by molar-refractivity contribution is -0.151. The highest BCUT2D eigenvalue weighted by Crippen LogP contribution is 2.34. The van der Waals surface area contributed by atoms with Crippen molar-refractivity contribution in [3.8, 4) is 0 Å². The molecule has 0 radical (unpaired) electrons. The second kappa shape index (κ2) is 7.59. The number of ether oxygens (including phenoxy) is 1. The maximum absolute atomic E-state index is 11.6. The Hall–Kier alpha value is -0.950. The van der Waals surface area contributed by atoms with E-state index in [-0.39, 0.29) is 5.92 Å². The maximum Gasteiger partial charge on any atom is 0.328 e. The van der Waals surface area contributed by atoms with E-state index in [4.69, 9.17) is 14.5 Å². The van der Waals surface area contributed by atoms with E-state index in [1.54, 1.807) is 13.8 Å². The van der Waals surface area contributed by atoms with Crippen LogP contribution < -0.4 is 5.32 Å². The molecule has 0 aromatic heterocycles. The van der Waals surface area contributed by atoms with Crippen molar-refractivity contribution in [1.29, 1.82) is 0 Å². The summed E-state index contributed by atoms with van der Waals surface area (Å²) in [5.41, 5.74) is 0. The first kappa shape index (κ1) is 18.0. The Kier molecular flexibility index (Phi) is 7.21. The molecule has 0 saturated heterocycles. The predicted molar refractivity (Wildman–Crippen MR) is 66.3 cm³/mol. The summed E-state index contributed by atoms with van der Waals surface area (Å²) in [6.45, 7) is 4.12. The normalized spacial score (nSPS) is 14.9. The number of aliphatic hydroxyl groups is 1. The SMILES string of the molecule is CC(=O)N[C@H](C(=O)OC[C@@H](O)CP(=O)(O)O)C(C)C. The molecule has 0 unspecified atom stereocenters. The largest absolute Gasteiger partial charge is 0.461 e. The second-order valence-corrected chi connectivity index (χ2v) is 6.25. The molecule has 1 amide bonds. The Labute approximate surface area is 111 Å². The van der Waals surface area contributed by atoms with Crippen LogP contribution in [0.4, 0.5) is 0 Å². The van der Waals surface area contributed by atoms with Gasteiger partial charge in [-0.15, -0.1) is 0 Å². The van der Waals surface area contributed by atoms with Crippen LogP contribution in [-0.4, -0.2) is 51.7 Å². The van der Waals surface area contributed by atoms with Crippen LogP contribution in [0.5, 0.6) is 0 Å². The van der Waals surface area contributed by atoms with Crippen molar-refractivity contribution in [3.63, 3.8) is 0 Å². The van der Waals surface area contributed by atoms with Crippen LogP contribution >= 0.6 is 7.60 Å². The first-order valence-corrected chi connectivity index (χ1v) is 7.49. The van der Waals surface area contributed by atoms with Crippen molar-refractivity contribution < 1.29 is 33.8 Å².